The van der Waals surface area contributed by atoms with Crippen LogP contribution < -0.4 is 0 Å². The van der Waals surface area contributed by atoms with Crippen LogP contribution in [0.3, 0.4) is 0 Å². The second-order valence-corrected chi connectivity index (χ2v) is 7.71. The van der Waals surface area contributed by atoms with Gasteiger partial charge in [-0.2, -0.15) is 4.98 Å². The summed E-state index contributed by atoms with van der Waals surface area (Å²) in [6.07, 6.45) is 4.35. The number of aliphatic hydroxyl groups is 1. The third-order valence-electron chi connectivity index (χ3n) is 4.66. The lowest BCUT2D eigenvalue weighted by atomic mass is 10.00. The third-order valence-corrected chi connectivity index (χ3v) is 4.66. The van der Waals surface area contributed by atoms with Gasteiger partial charge in [0.1, 0.15) is 11.3 Å². The molecule has 25 heavy (non-hydrogen) atoms. The first-order valence-electron chi connectivity index (χ1n) is 9.04. The number of aryl methyl sites for hydroxylation is 1. The Balaban J connectivity index is 1.59. The van der Waals surface area contributed by atoms with Crippen molar-refractivity contribution in [2.24, 2.45) is 5.92 Å². The minimum Gasteiger partial charge on any atom is -0.382 e. The first kappa shape index (κ1) is 18.0. The summed E-state index contributed by atoms with van der Waals surface area (Å²) in [7, 11) is 0. The molecule has 0 bridgehead atoms. The van der Waals surface area contributed by atoms with Crippen LogP contribution in [0.2, 0.25) is 0 Å². The molecule has 1 N–H and O–H groups in total. The van der Waals surface area contributed by atoms with E-state index in [0.717, 1.165) is 25.2 Å². The van der Waals surface area contributed by atoms with E-state index in [4.69, 9.17) is 4.52 Å². The first-order valence-corrected chi connectivity index (χ1v) is 9.04. The summed E-state index contributed by atoms with van der Waals surface area (Å²) in [6.45, 7) is 10.2. The van der Waals surface area contributed by atoms with E-state index in [-0.39, 0.29) is 6.04 Å². The molecule has 0 aliphatic carbocycles. The molecule has 0 aromatic carbocycles. The van der Waals surface area contributed by atoms with Gasteiger partial charge in [0.2, 0.25) is 5.89 Å². The predicted molar refractivity (Wildman–Crippen MR) is 91.7 cm³/mol. The second kappa shape index (κ2) is 7.21. The summed E-state index contributed by atoms with van der Waals surface area (Å²) in [6, 6.07) is 0.227. The van der Waals surface area contributed by atoms with E-state index < -0.39 is 5.60 Å². The zero-order valence-corrected chi connectivity index (χ0v) is 15.5. The summed E-state index contributed by atoms with van der Waals surface area (Å²) in [4.78, 5) is 6.58. The van der Waals surface area contributed by atoms with E-state index >= 15 is 0 Å². The number of likely N-dealkylation sites (tertiary alicyclic amines) is 1. The van der Waals surface area contributed by atoms with Crippen LogP contribution in [0.25, 0.3) is 0 Å². The summed E-state index contributed by atoms with van der Waals surface area (Å²) < 4.78 is 7.12. The van der Waals surface area contributed by atoms with Gasteiger partial charge in [0.25, 0.3) is 0 Å². The van der Waals surface area contributed by atoms with Crippen LogP contribution in [0, 0.1) is 5.92 Å². The van der Waals surface area contributed by atoms with Crippen LogP contribution in [0.5, 0.6) is 0 Å². The van der Waals surface area contributed by atoms with Crippen LogP contribution in [0.4, 0.5) is 0 Å². The molecule has 8 heteroatoms. The molecule has 0 amide bonds. The highest BCUT2D eigenvalue weighted by molar-refractivity contribution is 5.11. The van der Waals surface area contributed by atoms with Crippen molar-refractivity contribution < 1.29 is 9.63 Å². The average Bonchev–Trinajstić information content (AvgIpc) is 3.26. The molecule has 3 heterocycles. The van der Waals surface area contributed by atoms with Gasteiger partial charge >= 0.3 is 0 Å². The molecule has 1 aliphatic rings. The van der Waals surface area contributed by atoms with Crippen molar-refractivity contribution in [2.45, 2.75) is 65.1 Å². The Hall–Kier alpha value is -1.80. The Bertz CT molecular complexity index is 695. The summed E-state index contributed by atoms with van der Waals surface area (Å²) in [5.41, 5.74) is -0.333. The highest BCUT2D eigenvalue weighted by Gasteiger charge is 2.40. The summed E-state index contributed by atoms with van der Waals surface area (Å²) >= 11 is 0. The van der Waals surface area contributed by atoms with Gasteiger partial charge in [-0.05, 0) is 32.6 Å². The highest BCUT2D eigenvalue weighted by Crippen LogP contribution is 2.31. The lowest BCUT2D eigenvalue weighted by Gasteiger charge is -2.20. The fraction of sp³-hybridized carbons (Fsp3) is 0.765. The van der Waals surface area contributed by atoms with E-state index in [1.165, 1.54) is 0 Å². The quantitative estimate of drug-likeness (QED) is 0.817. The molecular weight excluding hydrogens is 320 g/mol. The molecule has 3 rings (SSSR count). The zero-order chi connectivity index (χ0) is 18.0. The van der Waals surface area contributed by atoms with Gasteiger partial charge in [-0.15, -0.1) is 5.10 Å². The standard InChI is InChI=1S/C17H28N6O2/c1-12(2)5-6-15-18-16(25-20-15)10-22-8-7-17(24,11-22)14-9-23(13(3)4)21-19-14/h9,12-13,24H,5-8,10-11H2,1-4H3/t17-/m0/s1. The monoisotopic (exact) mass is 348 g/mol. The SMILES string of the molecule is CC(C)CCc1noc(CN2CC[C@@](O)(c3cn(C(C)C)nn3)C2)n1. The number of nitrogens with zero attached hydrogens (tertiary/aromatic N) is 6. The Kier molecular flexibility index (Phi) is 5.19. The van der Waals surface area contributed by atoms with E-state index in [1.807, 2.05) is 20.0 Å². The molecule has 0 radical (unpaired) electrons. The number of hydrogen-bond donors (Lipinski definition) is 1. The van der Waals surface area contributed by atoms with E-state index in [2.05, 4.69) is 39.2 Å². The fourth-order valence-corrected chi connectivity index (χ4v) is 3.02. The minimum atomic E-state index is -0.965. The predicted octanol–water partition coefficient (Wildman–Crippen LogP) is 1.92. The zero-order valence-electron chi connectivity index (χ0n) is 15.5. The largest absolute Gasteiger partial charge is 0.382 e. The topological polar surface area (TPSA) is 93.1 Å². The maximum atomic E-state index is 10.9. The molecule has 8 nitrogen and oxygen atoms in total. The van der Waals surface area contributed by atoms with Crippen molar-refractivity contribution in [3.8, 4) is 0 Å². The molecule has 2 aromatic rings. The van der Waals surface area contributed by atoms with Gasteiger partial charge < -0.3 is 9.63 Å². The average molecular weight is 348 g/mol. The maximum absolute atomic E-state index is 10.9. The normalized spacial score (nSPS) is 21.7. The molecule has 1 fully saturated rings. The van der Waals surface area contributed by atoms with Crippen molar-refractivity contribution in [2.75, 3.05) is 13.1 Å². The lowest BCUT2D eigenvalue weighted by molar-refractivity contribution is 0.0397. The molecule has 0 unspecified atom stereocenters. The number of rotatable bonds is 7. The third kappa shape index (κ3) is 4.24. The van der Waals surface area contributed by atoms with E-state index in [1.54, 1.807) is 4.68 Å². The van der Waals surface area contributed by atoms with Crippen LogP contribution in [0.15, 0.2) is 10.7 Å². The van der Waals surface area contributed by atoms with Gasteiger partial charge in [0.15, 0.2) is 5.82 Å². The number of hydrogen-bond acceptors (Lipinski definition) is 7. The maximum Gasteiger partial charge on any atom is 0.240 e. The Morgan fingerprint density at radius 3 is 2.80 bits per heavy atom. The molecule has 1 saturated heterocycles. The van der Waals surface area contributed by atoms with Gasteiger partial charge in [-0.1, -0.05) is 24.2 Å². The molecule has 138 valence electrons. The molecule has 0 saturated carbocycles. The Morgan fingerprint density at radius 1 is 1.32 bits per heavy atom. The molecule has 1 atom stereocenters. The fourth-order valence-electron chi connectivity index (χ4n) is 3.02. The number of β-amino-alcohol motifs (C(OH)–C–C–N with tert-alkyl or cyclic N) is 1. The second-order valence-electron chi connectivity index (χ2n) is 7.71. The van der Waals surface area contributed by atoms with Crippen LogP contribution in [0.1, 0.15) is 64.0 Å². The van der Waals surface area contributed by atoms with Crippen LogP contribution in [-0.2, 0) is 18.6 Å². The smallest absolute Gasteiger partial charge is 0.240 e. The van der Waals surface area contributed by atoms with Crippen molar-refractivity contribution in [3.63, 3.8) is 0 Å². The lowest BCUT2D eigenvalue weighted by Crippen LogP contribution is -2.31. The Morgan fingerprint density at radius 2 is 2.12 bits per heavy atom. The molecule has 2 aromatic heterocycles. The van der Waals surface area contributed by atoms with Crippen molar-refractivity contribution >= 4 is 0 Å². The first-order chi connectivity index (χ1) is 11.9. The minimum absolute atomic E-state index is 0.227. The van der Waals surface area contributed by atoms with Gasteiger partial charge in [-0.25, -0.2) is 4.68 Å². The number of aromatic nitrogens is 5. The molecular formula is C17H28N6O2. The Labute approximate surface area is 148 Å². The van der Waals surface area contributed by atoms with Crippen molar-refractivity contribution in [1.82, 2.24) is 30.0 Å². The van der Waals surface area contributed by atoms with Gasteiger partial charge in [-0.3, -0.25) is 4.90 Å². The summed E-state index contributed by atoms with van der Waals surface area (Å²) in [5.74, 6) is 1.99. The van der Waals surface area contributed by atoms with Crippen molar-refractivity contribution in [1.29, 1.82) is 0 Å². The van der Waals surface area contributed by atoms with E-state index in [0.29, 0.717) is 37.0 Å². The van der Waals surface area contributed by atoms with Crippen molar-refractivity contribution in [3.05, 3.63) is 23.6 Å². The van der Waals surface area contributed by atoms with Gasteiger partial charge in [0.05, 0.1) is 12.7 Å². The molecule has 1 aliphatic heterocycles. The van der Waals surface area contributed by atoms with Crippen LogP contribution in [-0.4, -0.2) is 48.2 Å². The molecule has 0 spiro atoms. The highest BCUT2D eigenvalue weighted by atomic mass is 16.5. The van der Waals surface area contributed by atoms with Gasteiger partial charge in [0, 0.05) is 25.6 Å². The van der Waals surface area contributed by atoms with E-state index in [9.17, 15) is 5.11 Å². The van der Waals surface area contributed by atoms with Crippen LogP contribution >= 0.6 is 0 Å². The summed E-state index contributed by atoms with van der Waals surface area (Å²) in [5, 5.41) is 23.2.